The molecule has 2 aliphatic rings. The molecular weight excluding hydrogens is 180 g/mol. The Kier molecular flexibility index (Phi) is 1.23. The van der Waals surface area contributed by atoms with Gasteiger partial charge in [-0.3, -0.25) is 0 Å². The van der Waals surface area contributed by atoms with E-state index in [9.17, 15) is 21.7 Å². The highest BCUT2D eigenvalue weighted by atomic mass is 19.4. The van der Waals surface area contributed by atoms with Crippen molar-refractivity contribution < 1.29 is 21.7 Å². The molecule has 1 aliphatic heterocycles. The van der Waals surface area contributed by atoms with Crippen LogP contribution in [0.15, 0.2) is 0 Å². The van der Waals surface area contributed by atoms with Crippen LogP contribution in [0.4, 0.5) is 21.7 Å². The third-order valence-corrected chi connectivity index (χ3v) is 2.95. The third-order valence-electron chi connectivity index (χ3n) is 2.95. The number of fused-ring (bicyclic) bond motifs is 1. The number of rotatable bonds is 1. The van der Waals surface area contributed by atoms with Crippen molar-refractivity contribution >= 4 is 6.98 Å². The lowest BCUT2D eigenvalue weighted by Gasteiger charge is -2.24. The van der Waals surface area contributed by atoms with Crippen LogP contribution in [0.3, 0.4) is 0 Å². The van der Waals surface area contributed by atoms with Gasteiger partial charge in [0, 0.05) is 17.8 Å². The van der Waals surface area contributed by atoms with Crippen molar-refractivity contribution in [1.82, 2.24) is 5.32 Å². The zero-order chi connectivity index (χ0) is 9.20. The predicted molar refractivity (Wildman–Crippen MR) is 33.1 cm³/mol. The summed E-state index contributed by atoms with van der Waals surface area (Å²) < 4.78 is 62.0. The van der Waals surface area contributed by atoms with Gasteiger partial charge in [-0.1, -0.05) is 0 Å². The normalized spacial score (nSPS) is 44.2. The van der Waals surface area contributed by atoms with Gasteiger partial charge in [0.05, 0.1) is 0 Å². The largest absolute Gasteiger partial charge is 0.492 e. The maximum Gasteiger partial charge on any atom is 0.492 e. The van der Waals surface area contributed by atoms with Crippen molar-refractivity contribution in [3.05, 3.63) is 0 Å². The molecule has 2 fully saturated rings. The van der Waals surface area contributed by atoms with Gasteiger partial charge in [0.1, 0.15) is 0 Å². The molecule has 0 aromatic rings. The fourth-order valence-corrected chi connectivity index (χ4v) is 2.09. The lowest BCUT2D eigenvalue weighted by atomic mass is 9.67. The number of alkyl halides is 2. The van der Waals surface area contributed by atoms with Gasteiger partial charge in [-0.15, -0.1) is 0 Å². The van der Waals surface area contributed by atoms with Crippen molar-refractivity contribution in [2.75, 3.05) is 13.1 Å². The predicted octanol–water partition coefficient (Wildman–Crippen LogP) is 1.44. The molecule has 1 heterocycles. The summed E-state index contributed by atoms with van der Waals surface area (Å²) in [5.41, 5.74) is 0. The van der Waals surface area contributed by atoms with Crippen LogP contribution in [0.5, 0.6) is 0 Å². The van der Waals surface area contributed by atoms with Crippen LogP contribution in [0.25, 0.3) is 0 Å². The van der Waals surface area contributed by atoms with Gasteiger partial charge in [0.25, 0.3) is 0 Å². The van der Waals surface area contributed by atoms with Crippen molar-refractivity contribution in [3.8, 4) is 0 Å². The van der Waals surface area contributed by atoms with Gasteiger partial charge < -0.3 is 18.3 Å². The minimum atomic E-state index is -5.43. The van der Waals surface area contributed by atoms with E-state index < -0.39 is 30.7 Å². The van der Waals surface area contributed by atoms with Gasteiger partial charge in [-0.05, 0) is 6.54 Å². The van der Waals surface area contributed by atoms with Gasteiger partial charge >= 0.3 is 6.98 Å². The Morgan fingerprint density at radius 1 is 1.25 bits per heavy atom. The van der Waals surface area contributed by atoms with Crippen molar-refractivity contribution in [2.45, 2.75) is 11.2 Å². The Morgan fingerprint density at radius 3 is 2.08 bits per heavy atom. The Bertz CT molecular complexity index is 214. The summed E-state index contributed by atoms with van der Waals surface area (Å²) in [6.45, 7) is -6.26. The second kappa shape index (κ2) is 1.78. The lowest BCUT2D eigenvalue weighted by Crippen LogP contribution is -2.36. The molecule has 0 spiro atoms. The number of nitrogens with one attached hydrogen (secondary N) is 1. The topological polar surface area (TPSA) is 12.0 Å². The Balaban J connectivity index is 2.34. The summed E-state index contributed by atoms with van der Waals surface area (Å²) in [6, 6.07) is 0. The Hall–Kier alpha value is -0.325. The first-order valence-electron chi connectivity index (χ1n) is 3.62. The molecule has 1 aliphatic carbocycles. The quantitative estimate of drug-likeness (QED) is 0.482. The highest BCUT2D eigenvalue weighted by Gasteiger charge is 2.87. The van der Waals surface area contributed by atoms with E-state index >= 15 is 0 Å². The smallest absolute Gasteiger partial charge is 0.448 e. The molecule has 1 nitrogen and oxygen atoms in total. The van der Waals surface area contributed by atoms with Crippen LogP contribution >= 0.6 is 0 Å². The van der Waals surface area contributed by atoms with Crippen LogP contribution in [0, 0.1) is 5.92 Å². The zero-order valence-corrected chi connectivity index (χ0v) is 5.96. The Morgan fingerprint density at radius 2 is 1.83 bits per heavy atom. The highest BCUT2D eigenvalue weighted by Crippen LogP contribution is 2.78. The first kappa shape index (κ1) is 8.28. The number of hydrogen-bond donors (Lipinski definition) is 1. The third kappa shape index (κ3) is 0.606. The monoisotopic (exact) mass is 186 g/mol. The second-order valence-corrected chi connectivity index (χ2v) is 3.42. The molecule has 1 N–H and O–H groups in total. The first-order valence-corrected chi connectivity index (χ1v) is 3.62. The average Bonchev–Trinajstić information content (AvgIpc) is 2.29. The molecular formula is C5H6BF5N-. The van der Waals surface area contributed by atoms with E-state index in [-0.39, 0.29) is 6.54 Å². The van der Waals surface area contributed by atoms with Gasteiger partial charge in [-0.2, -0.15) is 0 Å². The maximum atomic E-state index is 12.6. The maximum absolute atomic E-state index is 12.6. The molecule has 12 heavy (non-hydrogen) atoms. The first-order chi connectivity index (χ1) is 5.34. The van der Waals surface area contributed by atoms with Gasteiger partial charge in [-0.25, -0.2) is 8.78 Å². The molecule has 0 aromatic heterocycles. The molecule has 0 amide bonds. The van der Waals surface area contributed by atoms with E-state index in [1.165, 1.54) is 0 Å². The molecule has 1 saturated carbocycles. The number of piperidine rings is 1. The van der Waals surface area contributed by atoms with Crippen molar-refractivity contribution in [2.24, 2.45) is 5.92 Å². The number of halogens is 5. The van der Waals surface area contributed by atoms with Crippen LogP contribution in [-0.4, -0.2) is 26.0 Å². The van der Waals surface area contributed by atoms with E-state index in [0.29, 0.717) is 0 Å². The summed E-state index contributed by atoms with van der Waals surface area (Å²) in [5.74, 6) is -5.03. The summed E-state index contributed by atoms with van der Waals surface area (Å²) in [5, 5.41) is -0.347. The van der Waals surface area contributed by atoms with E-state index in [1.54, 1.807) is 0 Å². The molecule has 2 rings (SSSR count). The van der Waals surface area contributed by atoms with E-state index in [1.807, 2.05) is 0 Å². The van der Waals surface area contributed by atoms with E-state index in [0.717, 1.165) is 0 Å². The Labute approximate surface area is 65.4 Å². The zero-order valence-electron chi connectivity index (χ0n) is 5.96. The molecule has 7 heteroatoms. The molecule has 2 atom stereocenters. The van der Waals surface area contributed by atoms with Crippen molar-refractivity contribution in [3.63, 3.8) is 0 Å². The van der Waals surface area contributed by atoms with E-state index in [2.05, 4.69) is 5.32 Å². The number of hydrogen-bond acceptors (Lipinski definition) is 1. The summed E-state index contributed by atoms with van der Waals surface area (Å²) in [7, 11) is 0. The van der Waals surface area contributed by atoms with Crippen LogP contribution in [-0.2, 0) is 0 Å². The molecule has 70 valence electrons. The van der Waals surface area contributed by atoms with Crippen molar-refractivity contribution in [1.29, 1.82) is 0 Å². The van der Waals surface area contributed by atoms with Crippen LogP contribution in [0.2, 0.25) is 5.31 Å². The lowest BCUT2D eigenvalue weighted by molar-refractivity contribution is 0.0724. The fourth-order valence-electron chi connectivity index (χ4n) is 2.09. The molecule has 0 unspecified atom stereocenters. The second-order valence-electron chi connectivity index (χ2n) is 3.42. The standard InChI is InChI=1S/C5H6BF5N/c7-5(8)3-1-12-2-4(3,5)6(9,10)11/h3,12H,1-2H2/q-1/t3-,4-/m1/s1. The minimum Gasteiger partial charge on any atom is -0.448 e. The van der Waals surface area contributed by atoms with Crippen LogP contribution in [0.1, 0.15) is 0 Å². The minimum absolute atomic E-state index is 0.214. The van der Waals surface area contributed by atoms with Crippen LogP contribution < -0.4 is 5.32 Å². The fraction of sp³-hybridized carbons (Fsp3) is 1.00. The van der Waals surface area contributed by atoms with E-state index in [4.69, 9.17) is 0 Å². The van der Waals surface area contributed by atoms with Gasteiger partial charge in [0.2, 0.25) is 5.92 Å². The van der Waals surface area contributed by atoms with Gasteiger partial charge in [0.15, 0.2) is 0 Å². The highest BCUT2D eigenvalue weighted by molar-refractivity contribution is 6.64. The summed E-state index contributed by atoms with van der Waals surface area (Å²) in [6.07, 6.45) is 0. The molecule has 1 saturated heterocycles. The molecule has 0 bridgehead atoms. The average molecular weight is 186 g/mol. The summed E-state index contributed by atoms with van der Waals surface area (Å²) >= 11 is 0. The summed E-state index contributed by atoms with van der Waals surface area (Å²) in [4.78, 5) is 0. The molecule has 0 radical (unpaired) electrons. The molecule has 0 aromatic carbocycles. The SMILES string of the molecule is F[B-](F)(F)[C@]12CNC[C@H]1C2(F)F.